The maximum atomic E-state index is 13.6. The summed E-state index contributed by atoms with van der Waals surface area (Å²) in [6.45, 7) is 17.0. The van der Waals surface area contributed by atoms with Crippen LogP contribution in [0.5, 0.6) is 29.0 Å². The van der Waals surface area contributed by atoms with E-state index >= 15 is 0 Å². The lowest BCUT2D eigenvalue weighted by Gasteiger charge is -2.19. The van der Waals surface area contributed by atoms with Crippen LogP contribution in [0.25, 0.3) is 11.1 Å². The molecule has 0 saturated heterocycles. The number of carbonyl (C=O) groups excluding carboxylic acids is 5. The Kier molecular flexibility index (Phi) is 26.2. The first-order chi connectivity index (χ1) is 49.3. The Morgan fingerprint density at radius 2 is 1.46 bits per heavy atom. The van der Waals surface area contributed by atoms with E-state index in [4.69, 9.17) is 51.3 Å². The van der Waals surface area contributed by atoms with E-state index in [1.54, 1.807) is 58.8 Å². The number of oxime groups is 1. The van der Waals surface area contributed by atoms with Crippen LogP contribution in [0.15, 0.2) is 140 Å². The van der Waals surface area contributed by atoms with Crippen LogP contribution in [-0.4, -0.2) is 128 Å². The molecule has 3 N–H and O–H groups in total. The number of amides is 2. The number of sulfone groups is 1. The first-order valence-electron chi connectivity index (χ1n) is 32.9. The summed E-state index contributed by atoms with van der Waals surface area (Å²) in [7, 11) is -4.69. The van der Waals surface area contributed by atoms with Gasteiger partial charge in [0, 0.05) is 54.9 Å². The summed E-state index contributed by atoms with van der Waals surface area (Å²) in [6, 6.07) is 26.3. The van der Waals surface area contributed by atoms with Crippen molar-refractivity contribution in [1.82, 2.24) is 34.2 Å². The van der Waals surface area contributed by atoms with Gasteiger partial charge in [-0.1, -0.05) is 66.4 Å². The Bertz CT molecular complexity index is 4950. The number of aromatic amines is 1. The number of rotatable bonds is 20. The van der Waals surface area contributed by atoms with Crippen molar-refractivity contribution in [1.29, 1.82) is 0 Å². The Morgan fingerprint density at radius 1 is 0.817 bits per heavy atom. The van der Waals surface area contributed by atoms with Gasteiger partial charge in [-0.2, -0.15) is 0 Å². The number of carbonyl (C=O) groups is 5. The number of methoxy groups -OCH3 is 1. The maximum Gasteiger partial charge on any atom is 0.347 e. The fourth-order valence-corrected chi connectivity index (χ4v) is 12.7. The van der Waals surface area contributed by atoms with E-state index in [-0.39, 0.29) is 73.2 Å². The van der Waals surface area contributed by atoms with E-state index in [0.29, 0.717) is 84.7 Å². The van der Waals surface area contributed by atoms with Crippen molar-refractivity contribution >= 4 is 66.7 Å². The van der Waals surface area contributed by atoms with Crippen LogP contribution in [0.4, 0.5) is 4.39 Å². The van der Waals surface area contributed by atoms with Crippen molar-refractivity contribution in [3.05, 3.63) is 197 Å². The van der Waals surface area contributed by atoms with Gasteiger partial charge in [-0.05, 0) is 168 Å². The molecule has 550 valence electrons. The SMILES string of the molecule is C#CCOC(=O)[C@@H](C)Oc1ccc(Oc2ncc(Cl)cc2F)cc1.CCc1cc(C)cc(CC)c1-c1c(OC(=O)C(C)(C)C)n2n(c1=O)CCOCC2.COc1ccccc1C(=O)NS(=O)(=O)c1ccc(C(=O)NC2CC2)cc1.Cc1c(C(=O)c2c[nH]n(C)c2=O)ccc(S(C)(=O)=O)c1C1=NOCC1. The number of ketones is 1. The van der Waals surface area contributed by atoms with E-state index in [1.807, 2.05) is 25.5 Å². The zero-order chi connectivity index (χ0) is 76.0. The Balaban J connectivity index is 0.000000176. The van der Waals surface area contributed by atoms with Crippen molar-refractivity contribution in [3.63, 3.8) is 0 Å². The van der Waals surface area contributed by atoms with Gasteiger partial charge in [-0.25, -0.2) is 45.1 Å². The third-order valence-electron chi connectivity index (χ3n) is 16.2. The van der Waals surface area contributed by atoms with E-state index in [2.05, 4.69) is 59.4 Å². The molecule has 5 heterocycles. The number of halogens is 2. The molecule has 26 nitrogen and oxygen atoms in total. The fourth-order valence-electron chi connectivity index (χ4n) is 10.7. The smallest absolute Gasteiger partial charge is 0.347 e. The van der Waals surface area contributed by atoms with Gasteiger partial charge in [0.15, 0.2) is 34.1 Å². The molecule has 3 aromatic heterocycles. The number of hydrogen-bond donors (Lipinski definition) is 3. The van der Waals surface area contributed by atoms with Crippen LogP contribution in [0.1, 0.15) is 125 Å². The monoisotopic (exact) mass is 1490 g/mol. The summed E-state index contributed by atoms with van der Waals surface area (Å²) in [5, 5.41) is 9.56. The van der Waals surface area contributed by atoms with Gasteiger partial charge >= 0.3 is 11.9 Å². The van der Waals surface area contributed by atoms with Gasteiger partial charge in [0.1, 0.15) is 35.0 Å². The van der Waals surface area contributed by atoms with Crippen LogP contribution >= 0.6 is 11.6 Å². The highest BCUT2D eigenvalue weighted by atomic mass is 35.5. The predicted octanol–water partition coefficient (Wildman–Crippen LogP) is 9.83. The van der Waals surface area contributed by atoms with Gasteiger partial charge in [-0.15, -0.1) is 6.42 Å². The summed E-state index contributed by atoms with van der Waals surface area (Å²) in [4.78, 5) is 95.6. The molecule has 5 aromatic carbocycles. The number of para-hydroxylation sites is 1. The largest absolute Gasteiger partial charge is 0.496 e. The van der Waals surface area contributed by atoms with E-state index in [1.165, 1.54) is 86.2 Å². The number of esters is 2. The molecule has 30 heteroatoms. The zero-order valence-electron chi connectivity index (χ0n) is 59.1. The third kappa shape index (κ3) is 19.7. The standard InChI is InChI=1S/C23H32N2O4.C18H18N2O5S.C17H13ClFNO4.C16H17N3O5S/c1-7-16-13-15(3)14-17(8-2)18(16)19-20(26)24-9-11-28-12-10-25(24)21(19)29-22(27)23(4,5)6;1-25-16-5-3-2-4-15(16)18(22)20-26(23,24)14-10-6-12(7-11-14)17(21)19-13-8-9-13;1-3-8-22-17(21)11(2)23-13-4-6-14(7-5-13)24-16-15(19)9-12(18)10-20-16;1-9-10(15(20)11-8-17-19(2)16(11)21)4-5-13(25(3,22)23)14(9)12-6-7-24-18-12/h13-14H,7-12H2,1-6H3;2-7,10-11,13H,8-9H2,1H3,(H,19,21)(H,20,22);1,4-7,9-11H,8H2,2H3;4-5,8,17H,6-7H2,1-3H3/t;;11-;/m..1./s1. The number of aromatic nitrogens is 5. The van der Waals surface area contributed by atoms with Crippen LogP contribution in [0.3, 0.4) is 0 Å². The van der Waals surface area contributed by atoms with E-state index < -0.39 is 60.4 Å². The van der Waals surface area contributed by atoms with E-state index in [9.17, 15) is 54.8 Å². The summed E-state index contributed by atoms with van der Waals surface area (Å²) in [5.74, 6) is 0.270. The zero-order valence-corrected chi connectivity index (χ0v) is 61.5. The highest BCUT2D eigenvalue weighted by Gasteiger charge is 2.34. The Hall–Kier alpha value is -10.7. The lowest BCUT2D eigenvalue weighted by atomic mass is 9.91. The topological polar surface area (TPSA) is 332 Å². The van der Waals surface area contributed by atoms with Crippen LogP contribution in [-0.2, 0) is 76.7 Å². The number of sulfonamides is 1. The average molecular weight is 1490 g/mol. The molecule has 2 aliphatic heterocycles. The number of hydrogen-bond acceptors (Lipinski definition) is 20. The van der Waals surface area contributed by atoms with E-state index in [0.717, 1.165) is 54.7 Å². The minimum atomic E-state index is -4.07. The van der Waals surface area contributed by atoms with Gasteiger partial charge in [0.25, 0.3) is 38.8 Å². The second-order valence-corrected chi connectivity index (χ2v) is 29.1. The quantitative estimate of drug-likeness (QED) is 0.0363. The van der Waals surface area contributed by atoms with Gasteiger partial charge in [-0.3, -0.25) is 33.4 Å². The molecule has 1 atom stereocenters. The number of nitrogens with zero attached hydrogens (tertiary/aromatic N) is 5. The normalized spacial score (nSPS) is 13.5. The number of terminal acetylenes is 1. The molecule has 1 aliphatic carbocycles. The highest BCUT2D eigenvalue weighted by molar-refractivity contribution is 7.91. The minimum absolute atomic E-state index is 0.00623. The Labute approximate surface area is 605 Å². The number of H-pyrrole nitrogens is 1. The Morgan fingerprint density at radius 3 is 2.03 bits per heavy atom. The number of benzene rings is 5. The molecule has 0 bridgehead atoms. The van der Waals surface area contributed by atoms with Crippen molar-refractivity contribution in [2.24, 2.45) is 17.6 Å². The average Bonchev–Trinajstić information content (AvgIpc) is 1.56. The van der Waals surface area contributed by atoms with Crippen molar-refractivity contribution in [2.75, 3.05) is 39.8 Å². The number of ether oxygens (including phenoxy) is 6. The van der Waals surface area contributed by atoms with Crippen LogP contribution in [0, 0.1) is 37.4 Å². The molecule has 8 aromatic rings. The molecule has 1 fully saturated rings. The molecule has 3 aliphatic rings. The molecular formula is C74H80ClFN8O18S2. The van der Waals surface area contributed by atoms with Gasteiger partial charge < -0.3 is 43.7 Å². The van der Waals surface area contributed by atoms with Gasteiger partial charge in [0.05, 0.1) is 64.9 Å². The van der Waals surface area contributed by atoms with Gasteiger partial charge in [0.2, 0.25) is 5.88 Å². The first kappa shape index (κ1) is 79.0. The second-order valence-electron chi connectivity index (χ2n) is 25.0. The summed E-state index contributed by atoms with van der Waals surface area (Å²) in [6.07, 6.45) is 11.9. The fraction of sp³-hybridized carbons (Fsp3) is 0.338. The molecule has 0 unspecified atom stereocenters. The lowest BCUT2D eigenvalue weighted by molar-refractivity contribution is -0.149. The summed E-state index contributed by atoms with van der Waals surface area (Å²) >= 11 is 5.62. The number of fused-ring (bicyclic) bond motifs is 1. The van der Waals surface area contributed by atoms with Crippen LogP contribution < -0.4 is 40.1 Å². The molecule has 0 spiro atoms. The van der Waals surface area contributed by atoms with Crippen molar-refractivity contribution in [3.8, 4) is 52.5 Å². The summed E-state index contributed by atoms with van der Waals surface area (Å²) < 4.78 is 101. The van der Waals surface area contributed by atoms with Crippen LogP contribution in [0.2, 0.25) is 5.02 Å². The molecule has 104 heavy (non-hydrogen) atoms. The lowest BCUT2D eigenvalue weighted by Crippen LogP contribution is -2.31. The van der Waals surface area contributed by atoms with Crippen molar-refractivity contribution < 1.29 is 78.5 Å². The molecule has 1 saturated carbocycles. The molecular weight excluding hydrogens is 1410 g/mol. The van der Waals surface area contributed by atoms with Crippen molar-refractivity contribution in [2.45, 2.75) is 123 Å². The molecule has 0 radical (unpaired) electrons. The maximum absolute atomic E-state index is 13.6. The summed E-state index contributed by atoms with van der Waals surface area (Å²) in [5.41, 5.74) is 5.58. The minimum Gasteiger partial charge on any atom is -0.496 e. The number of aryl methyl sites for hydroxylation is 4. The first-order valence-corrected chi connectivity index (χ1v) is 36.6. The third-order valence-corrected chi connectivity index (χ3v) is 18.9. The predicted molar refractivity (Wildman–Crippen MR) is 385 cm³/mol. The molecule has 2 amide bonds. The number of nitrogens with one attached hydrogen (secondary N) is 3. The second kappa shape index (κ2) is 34.5. The number of pyridine rings is 1. The highest BCUT2D eigenvalue weighted by Crippen LogP contribution is 2.37. The molecule has 11 rings (SSSR count).